The molecule has 0 saturated carbocycles. The van der Waals surface area contributed by atoms with Crippen molar-refractivity contribution in [3.05, 3.63) is 118 Å². The number of nitrogens with zero attached hydrogens (tertiary/aromatic N) is 6. The number of piperidine rings is 2. The van der Waals surface area contributed by atoms with Gasteiger partial charge in [-0.25, -0.2) is 4.39 Å². The van der Waals surface area contributed by atoms with Gasteiger partial charge in [-0.3, -0.25) is 34.5 Å². The van der Waals surface area contributed by atoms with Gasteiger partial charge in [0.2, 0.25) is 11.8 Å². The third-order valence-corrected chi connectivity index (χ3v) is 12.6. The molecule has 3 aliphatic heterocycles. The minimum atomic E-state index is -0.779. The Hall–Kier alpha value is -6.74. The zero-order valence-electron chi connectivity index (χ0n) is 36.0. The zero-order valence-corrected chi connectivity index (χ0v) is 36.0. The Morgan fingerprint density at radius 2 is 1.70 bits per heavy atom. The molecule has 6 aromatic rings. The summed E-state index contributed by atoms with van der Waals surface area (Å²) in [5, 5.41) is 18.0. The number of imide groups is 1. The summed E-state index contributed by atoms with van der Waals surface area (Å²) in [6.45, 7) is 10.7. The molecule has 4 aromatic carbocycles. The molecule has 0 spiro atoms. The zero-order chi connectivity index (χ0) is 44.2. The molecule has 2 fully saturated rings. The smallest absolute Gasteiger partial charge is 0.315 e. The van der Waals surface area contributed by atoms with E-state index in [4.69, 9.17) is 4.52 Å². The van der Waals surface area contributed by atoms with E-state index in [9.17, 15) is 19.2 Å². The van der Waals surface area contributed by atoms with Gasteiger partial charge >= 0.3 is 11.8 Å². The standard InChI is InChI=1S/C48H50FN9O5/c1-27-20-31(6-7-32(27)24-50-44(61)45-52-47(55-63-45)48(2,3)4)42-36-23-30(10-13-38(36)53-54-42)29-8-11-35(12-9-29)57-18-16-34(17-19-57)56(5)25-28-21-33-26-58(46(62)41(33)37(49)22-28)39-14-15-40(59)51-43(39)60/h6-13,20-23,34,39H,14-19,24-26H2,1-5H3,(H,50,61)(H,53,54)(H,51,59,60). The highest BCUT2D eigenvalue weighted by molar-refractivity contribution is 6.05. The summed E-state index contributed by atoms with van der Waals surface area (Å²) < 4.78 is 20.6. The molecular weight excluding hydrogens is 802 g/mol. The highest BCUT2D eigenvalue weighted by Crippen LogP contribution is 2.34. The quantitative estimate of drug-likeness (QED) is 0.124. The molecule has 9 rings (SSSR count). The molecule has 2 aromatic heterocycles. The fourth-order valence-corrected chi connectivity index (χ4v) is 8.98. The Morgan fingerprint density at radius 1 is 0.952 bits per heavy atom. The summed E-state index contributed by atoms with van der Waals surface area (Å²) in [5.41, 5.74) is 9.15. The van der Waals surface area contributed by atoms with Crippen molar-refractivity contribution in [3.63, 3.8) is 0 Å². The molecule has 15 heteroatoms. The number of benzene rings is 4. The van der Waals surface area contributed by atoms with Crippen LogP contribution in [0.5, 0.6) is 0 Å². The average molecular weight is 852 g/mol. The lowest BCUT2D eigenvalue weighted by Crippen LogP contribution is -2.52. The number of amides is 4. The van der Waals surface area contributed by atoms with Crippen LogP contribution < -0.4 is 15.5 Å². The van der Waals surface area contributed by atoms with Gasteiger partial charge in [0.05, 0.1) is 16.8 Å². The Bertz CT molecular complexity index is 2760. The lowest BCUT2D eigenvalue weighted by Gasteiger charge is -2.38. The van der Waals surface area contributed by atoms with Gasteiger partial charge in [-0.2, -0.15) is 10.1 Å². The monoisotopic (exact) mass is 851 g/mol. The van der Waals surface area contributed by atoms with Crippen molar-refractivity contribution >= 4 is 40.2 Å². The second-order valence-electron chi connectivity index (χ2n) is 18.0. The molecule has 4 amide bonds. The number of carbonyl (C=O) groups is 4. The fourth-order valence-electron chi connectivity index (χ4n) is 8.98. The number of carbonyl (C=O) groups excluding carboxylic acids is 4. The summed E-state index contributed by atoms with van der Waals surface area (Å²) >= 11 is 0. The Kier molecular flexibility index (Phi) is 10.9. The van der Waals surface area contributed by atoms with Crippen LogP contribution in [0.25, 0.3) is 33.3 Å². The summed E-state index contributed by atoms with van der Waals surface area (Å²) in [5.74, 6) is -1.92. The second-order valence-corrected chi connectivity index (χ2v) is 18.0. The van der Waals surface area contributed by atoms with Crippen LogP contribution in [-0.2, 0) is 34.6 Å². The van der Waals surface area contributed by atoms with E-state index >= 15 is 4.39 Å². The maximum atomic E-state index is 15.4. The van der Waals surface area contributed by atoms with Crippen LogP contribution in [-0.4, -0.2) is 86.0 Å². The van der Waals surface area contributed by atoms with Crippen LogP contribution in [0.2, 0.25) is 0 Å². The molecule has 0 bridgehead atoms. The van der Waals surface area contributed by atoms with Crippen molar-refractivity contribution in [1.82, 2.24) is 40.8 Å². The van der Waals surface area contributed by atoms with E-state index in [-0.39, 0.29) is 42.2 Å². The molecule has 324 valence electrons. The highest BCUT2D eigenvalue weighted by atomic mass is 19.1. The maximum absolute atomic E-state index is 15.4. The fraction of sp³-hybridized carbons (Fsp3) is 0.354. The van der Waals surface area contributed by atoms with Gasteiger partial charge in [-0.15, -0.1) is 0 Å². The number of anilines is 1. The van der Waals surface area contributed by atoms with E-state index in [1.165, 1.54) is 11.0 Å². The number of nitrogens with one attached hydrogen (secondary N) is 3. The number of aromatic amines is 1. The first-order valence-electron chi connectivity index (χ1n) is 21.4. The molecule has 0 radical (unpaired) electrons. The summed E-state index contributed by atoms with van der Waals surface area (Å²) in [6, 6.07) is 24.0. The molecule has 1 unspecified atom stereocenters. The number of aryl methyl sites for hydroxylation is 1. The van der Waals surface area contributed by atoms with Gasteiger partial charge in [0.25, 0.3) is 5.91 Å². The number of hydrogen-bond donors (Lipinski definition) is 3. The van der Waals surface area contributed by atoms with Crippen LogP contribution in [0.15, 0.2) is 77.3 Å². The highest BCUT2D eigenvalue weighted by Gasteiger charge is 2.41. The Balaban J connectivity index is 0.804. The molecule has 3 aliphatic rings. The van der Waals surface area contributed by atoms with Crippen molar-refractivity contribution in [2.24, 2.45) is 0 Å². The van der Waals surface area contributed by atoms with Gasteiger partial charge in [-0.1, -0.05) is 62.3 Å². The van der Waals surface area contributed by atoms with Crippen LogP contribution >= 0.6 is 0 Å². The van der Waals surface area contributed by atoms with Crippen LogP contribution in [0.4, 0.5) is 10.1 Å². The van der Waals surface area contributed by atoms with E-state index in [1.807, 2.05) is 45.9 Å². The number of fused-ring (bicyclic) bond motifs is 2. The summed E-state index contributed by atoms with van der Waals surface area (Å²) in [4.78, 5) is 60.3. The number of H-pyrrole nitrogens is 1. The number of hydrogen-bond acceptors (Lipinski definition) is 10. The third kappa shape index (κ3) is 8.32. The van der Waals surface area contributed by atoms with E-state index < -0.39 is 29.6 Å². The molecule has 63 heavy (non-hydrogen) atoms. The molecule has 3 N–H and O–H groups in total. The Labute approximate surface area is 364 Å². The minimum absolute atomic E-state index is 0.0215. The molecule has 2 saturated heterocycles. The number of rotatable bonds is 10. The van der Waals surface area contributed by atoms with Crippen molar-refractivity contribution < 1.29 is 28.1 Å². The van der Waals surface area contributed by atoms with E-state index in [0.29, 0.717) is 30.5 Å². The minimum Gasteiger partial charge on any atom is -0.371 e. The third-order valence-electron chi connectivity index (χ3n) is 12.6. The molecule has 1 atom stereocenters. The van der Waals surface area contributed by atoms with E-state index in [0.717, 1.165) is 81.6 Å². The molecule has 14 nitrogen and oxygen atoms in total. The van der Waals surface area contributed by atoms with E-state index in [1.54, 1.807) is 0 Å². The normalized spacial score (nSPS) is 17.2. The van der Waals surface area contributed by atoms with Crippen molar-refractivity contribution in [2.75, 3.05) is 25.0 Å². The summed E-state index contributed by atoms with van der Waals surface area (Å²) in [6.07, 6.45) is 2.28. The SMILES string of the molecule is Cc1cc(-c2n[nH]c3ccc(-c4ccc(N5CCC(N(C)Cc6cc(F)c7c(c6)CN(C6CCC(=O)NC6=O)C7=O)CC5)cc4)cc23)ccc1CNC(=O)c1nc(C(C)(C)C)no1. The topological polar surface area (TPSA) is 170 Å². The van der Waals surface area contributed by atoms with Gasteiger partial charge in [0, 0.05) is 67.2 Å². The van der Waals surface area contributed by atoms with E-state index in [2.05, 4.69) is 96.4 Å². The molecule has 0 aliphatic carbocycles. The van der Waals surface area contributed by atoms with Gasteiger partial charge in [-0.05, 0) is 103 Å². The van der Waals surface area contributed by atoms with Gasteiger partial charge in [0.1, 0.15) is 11.9 Å². The first kappa shape index (κ1) is 41.6. The molecular formula is C48H50FN9O5. The second kappa shape index (κ2) is 16.5. The van der Waals surface area contributed by atoms with Crippen molar-refractivity contribution in [3.8, 4) is 22.4 Å². The lowest BCUT2D eigenvalue weighted by atomic mass is 9.96. The lowest BCUT2D eigenvalue weighted by molar-refractivity contribution is -0.136. The Morgan fingerprint density at radius 3 is 2.41 bits per heavy atom. The predicted octanol–water partition coefficient (Wildman–Crippen LogP) is 6.82. The molecule has 5 heterocycles. The van der Waals surface area contributed by atoms with Crippen molar-refractivity contribution in [2.45, 2.75) is 90.5 Å². The van der Waals surface area contributed by atoms with Gasteiger partial charge < -0.3 is 19.6 Å². The van der Waals surface area contributed by atoms with Crippen LogP contribution in [0.1, 0.15) is 95.6 Å². The maximum Gasteiger partial charge on any atom is 0.315 e. The average Bonchev–Trinajstić information content (AvgIpc) is 4.01. The number of halogens is 1. The largest absolute Gasteiger partial charge is 0.371 e. The van der Waals surface area contributed by atoms with Crippen LogP contribution in [0, 0.1) is 12.7 Å². The first-order valence-corrected chi connectivity index (χ1v) is 21.4. The first-order chi connectivity index (χ1) is 30.2. The summed E-state index contributed by atoms with van der Waals surface area (Å²) in [7, 11) is 2.06. The van der Waals surface area contributed by atoms with Crippen molar-refractivity contribution in [1.29, 1.82) is 0 Å². The number of aromatic nitrogens is 4. The van der Waals surface area contributed by atoms with Gasteiger partial charge in [0.15, 0.2) is 5.82 Å². The predicted molar refractivity (Wildman–Crippen MR) is 235 cm³/mol. The van der Waals surface area contributed by atoms with Crippen LogP contribution in [0.3, 0.4) is 0 Å².